The molecule has 0 bridgehead atoms. The number of hydrogen-bond donors (Lipinski definition) is 2. The number of nitrogens with zero attached hydrogens (tertiary/aromatic N) is 3. The van der Waals surface area contributed by atoms with E-state index in [9.17, 15) is 4.79 Å². The largest absolute Gasteiger partial charge is 0.331 e. The fourth-order valence-corrected chi connectivity index (χ4v) is 4.97. The number of aryl methyl sites for hydroxylation is 2. The summed E-state index contributed by atoms with van der Waals surface area (Å²) in [7, 11) is 0. The maximum Gasteiger partial charge on any atom is 0.319 e. The van der Waals surface area contributed by atoms with Gasteiger partial charge in [-0.1, -0.05) is 65.8 Å². The smallest absolute Gasteiger partial charge is 0.319 e. The Hall–Kier alpha value is -2.81. The Labute approximate surface area is 216 Å². The molecule has 3 aromatic carbocycles. The van der Waals surface area contributed by atoms with Gasteiger partial charge in [-0.2, -0.15) is 0 Å². The van der Waals surface area contributed by atoms with Gasteiger partial charge in [0.2, 0.25) is 0 Å². The van der Waals surface area contributed by atoms with Crippen molar-refractivity contribution < 1.29 is 4.79 Å². The van der Waals surface area contributed by atoms with Crippen LogP contribution in [0.5, 0.6) is 0 Å². The number of carbonyl (C=O) groups excluding carboxylic acids is 1. The van der Waals surface area contributed by atoms with E-state index in [1.54, 1.807) is 11.8 Å². The van der Waals surface area contributed by atoms with E-state index < -0.39 is 0 Å². The summed E-state index contributed by atoms with van der Waals surface area (Å²) in [5.41, 5.74) is 5.05. The number of anilines is 1. The molecule has 0 fully saturated rings. The number of thioether (sulfide) groups is 1. The number of carbonyl (C=O) groups is 1. The quantitative estimate of drug-likeness (QED) is 0.243. The first kappa shape index (κ1) is 24.3. The van der Waals surface area contributed by atoms with Crippen LogP contribution in [-0.4, -0.2) is 20.8 Å². The lowest BCUT2D eigenvalue weighted by Crippen LogP contribution is -2.29. The molecule has 0 atom stereocenters. The second kappa shape index (κ2) is 11.1. The summed E-state index contributed by atoms with van der Waals surface area (Å²) >= 11 is 11.4. The van der Waals surface area contributed by atoms with Gasteiger partial charge in [0, 0.05) is 15.2 Å². The van der Waals surface area contributed by atoms with Crippen LogP contribution in [0.4, 0.5) is 10.5 Å². The Kier molecular flexibility index (Phi) is 7.92. The summed E-state index contributed by atoms with van der Waals surface area (Å²) < 4.78 is 2.76. The summed E-state index contributed by atoms with van der Waals surface area (Å²) in [4.78, 5) is 12.5. The number of amides is 2. The highest BCUT2D eigenvalue weighted by atomic mass is 79.9. The minimum absolute atomic E-state index is 0.195. The van der Waals surface area contributed by atoms with Gasteiger partial charge in [0.1, 0.15) is 0 Å². The molecule has 2 amide bonds. The molecule has 34 heavy (non-hydrogen) atoms. The maximum atomic E-state index is 12.5. The molecule has 0 aliphatic rings. The van der Waals surface area contributed by atoms with Crippen molar-refractivity contribution in [1.82, 2.24) is 20.1 Å². The molecule has 0 saturated heterocycles. The van der Waals surface area contributed by atoms with E-state index in [0.29, 0.717) is 16.5 Å². The second-order valence-electron chi connectivity index (χ2n) is 7.67. The van der Waals surface area contributed by atoms with Crippen molar-refractivity contribution >= 4 is 51.0 Å². The number of halogens is 2. The van der Waals surface area contributed by atoms with Gasteiger partial charge >= 0.3 is 6.03 Å². The van der Waals surface area contributed by atoms with Gasteiger partial charge in [-0.25, -0.2) is 4.79 Å². The Morgan fingerprint density at radius 3 is 2.59 bits per heavy atom. The van der Waals surface area contributed by atoms with Gasteiger partial charge in [-0.05, 0) is 70.7 Å². The molecule has 2 N–H and O–H groups in total. The molecular weight excluding hydrogens is 534 g/mol. The number of para-hydroxylation sites is 1. The van der Waals surface area contributed by atoms with Gasteiger partial charge in [-0.3, -0.25) is 4.57 Å². The van der Waals surface area contributed by atoms with Gasteiger partial charge in [0.05, 0.1) is 17.9 Å². The predicted octanol–water partition coefficient (Wildman–Crippen LogP) is 6.91. The van der Waals surface area contributed by atoms with Crippen LogP contribution in [0.3, 0.4) is 0 Å². The minimum Gasteiger partial charge on any atom is -0.331 e. The summed E-state index contributed by atoms with van der Waals surface area (Å²) in [6, 6.07) is 21.1. The predicted molar refractivity (Wildman–Crippen MR) is 142 cm³/mol. The van der Waals surface area contributed by atoms with Crippen molar-refractivity contribution in [1.29, 1.82) is 0 Å². The van der Waals surface area contributed by atoms with Crippen LogP contribution in [0.2, 0.25) is 5.02 Å². The molecule has 4 aromatic rings. The normalized spacial score (nSPS) is 10.8. The molecule has 0 spiro atoms. The first-order valence-corrected chi connectivity index (χ1v) is 12.8. The average molecular weight is 557 g/mol. The lowest BCUT2D eigenvalue weighted by molar-refractivity contribution is 0.251. The average Bonchev–Trinajstić information content (AvgIpc) is 3.23. The number of nitrogens with one attached hydrogen (secondary N) is 2. The summed E-state index contributed by atoms with van der Waals surface area (Å²) in [5.74, 6) is 1.36. The fourth-order valence-electron chi connectivity index (χ4n) is 3.38. The van der Waals surface area contributed by atoms with Gasteiger partial charge in [-0.15, -0.1) is 10.2 Å². The van der Waals surface area contributed by atoms with Gasteiger partial charge in [0.15, 0.2) is 11.0 Å². The Morgan fingerprint density at radius 2 is 1.79 bits per heavy atom. The van der Waals surface area contributed by atoms with Gasteiger partial charge in [0.25, 0.3) is 0 Å². The standard InChI is InChI=1S/C25H23BrClN5OS/c1-16-7-3-4-8-18(16)15-34-25-31-30-23(32(25)22-13-19(27)12-11-17(22)2)14-28-24(33)29-21-10-6-5-9-20(21)26/h3-13H,14-15H2,1-2H3,(H2,28,29,33). The highest BCUT2D eigenvalue weighted by Crippen LogP contribution is 2.29. The van der Waals surface area contributed by atoms with Crippen LogP contribution in [0.15, 0.2) is 76.4 Å². The number of aromatic nitrogens is 3. The van der Waals surface area contributed by atoms with E-state index in [4.69, 9.17) is 11.6 Å². The number of rotatable bonds is 7. The number of benzene rings is 3. The van der Waals surface area contributed by atoms with E-state index in [2.05, 4.69) is 55.8 Å². The molecule has 1 aromatic heterocycles. The number of hydrogen-bond acceptors (Lipinski definition) is 4. The van der Waals surface area contributed by atoms with Crippen LogP contribution >= 0.6 is 39.3 Å². The molecular formula is C25H23BrClN5OS. The molecule has 0 aliphatic carbocycles. The van der Waals surface area contributed by atoms with Crippen molar-refractivity contribution in [3.05, 3.63) is 98.7 Å². The van der Waals surface area contributed by atoms with Crippen molar-refractivity contribution in [2.24, 2.45) is 0 Å². The molecule has 0 aliphatic heterocycles. The van der Waals surface area contributed by atoms with Gasteiger partial charge < -0.3 is 10.6 Å². The third kappa shape index (κ3) is 5.81. The van der Waals surface area contributed by atoms with Crippen molar-refractivity contribution in [3.8, 4) is 5.69 Å². The number of urea groups is 1. The Balaban J connectivity index is 1.58. The summed E-state index contributed by atoms with van der Waals surface area (Å²) in [5, 5.41) is 15.9. The second-order valence-corrected chi connectivity index (χ2v) is 9.90. The van der Waals surface area contributed by atoms with E-state index in [0.717, 1.165) is 26.6 Å². The SMILES string of the molecule is Cc1ccccc1CSc1nnc(CNC(=O)Nc2ccccc2Br)n1-c1cc(Cl)ccc1C. The highest BCUT2D eigenvalue weighted by molar-refractivity contribution is 9.10. The van der Waals surface area contributed by atoms with E-state index in [1.165, 1.54) is 11.1 Å². The van der Waals surface area contributed by atoms with E-state index in [-0.39, 0.29) is 12.6 Å². The molecule has 1 heterocycles. The van der Waals surface area contributed by atoms with Crippen LogP contribution in [0, 0.1) is 13.8 Å². The highest BCUT2D eigenvalue weighted by Gasteiger charge is 2.18. The van der Waals surface area contributed by atoms with Crippen LogP contribution < -0.4 is 10.6 Å². The Morgan fingerprint density at radius 1 is 1.03 bits per heavy atom. The minimum atomic E-state index is -0.335. The zero-order valence-electron chi connectivity index (χ0n) is 18.7. The lowest BCUT2D eigenvalue weighted by Gasteiger charge is -2.14. The van der Waals surface area contributed by atoms with E-state index >= 15 is 0 Å². The molecule has 0 saturated carbocycles. The van der Waals surface area contributed by atoms with Crippen LogP contribution in [-0.2, 0) is 12.3 Å². The maximum absolute atomic E-state index is 12.5. The van der Waals surface area contributed by atoms with Crippen molar-refractivity contribution in [3.63, 3.8) is 0 Å². The Bertz CT molecular complexity index is 1330. The third-order valence-corrected chi connectivity index (χ3v) is 7.16. The first-order valence-electron chi connectivity index (χ1n) is 10.6. The monoisotopic (exact) mass is 555 g/mol. The van der Waals surface area contributed by atoms with Crippen LogP contribution in [0.25, 0.3) is 5.69 Å². The zero-order chi connectivity index (χ0) is 24.1. The molecule has 4 rings (SSSR count). The van der Waals surface area contributed by atoms with Crippen molar-refractivity contribution in [2.45, 2.75) is 31.3 Å². The molecule has 6 nitrogen and oxygen atoms in total. The summed E-state index contributed by atoms with van der Waals surface area (Å²) in [6.07, 6.45) is 0. The first-order chi connectivity index (χ1) is 16.4. The van der Waals surface area contributed by atoms with Crippen molar-refractivity contribution in [2.75, 3.05) is 5.32 Å². The topological polar surface area (TPSA) is 71.8 Å². The third-order valence-electron chi connectivity index (χ3n) is 5.26. The lowest BCUT2D eigenvalue weighted by atomic mass is 10.1. The molecule has 0 radical (unpaired) electrons. The summed E-state index contributed by atoms with van der Waals surface area (Å²) in [6.45, 7) is 4.30. The molecule has 9 heteroatoms. The van der Waals surface area contributed by atoms with Crippen LogP contribution in [0.1, 0.15) is 22.5 Å². The zero-order valence-corrected chi connectivity index (χ0v) is 21.8. The molecule has 0 unspecified atom stereocenters. The molecule has 174 valence electrons. The van der Waals surface area contributed by atoms with E-state index in [1.807, 2.05) is 66.1 Å². The fraction of sp³-hybridized carbons (Fsp3) is 0.160.